The third-order valence-electron chi connectivity index (χ3n) is 8.24. The van der Waals surface area contributed by atoms with Crippen LogP contribution < -0.4 is 15.2 Å². The molecule has 7 rings (SSSR count). The molecule has 4 aliphatic rings. The van der Waals surface area contributed by atoms with Gasteiger partial charge >= 0.3 is 0 Å². The molecule has 0 amide bonds. The van der Waals surface area contributed by atoms with Crippen LogP contribution in [0.3, 0.4) is 0 Å². The Labute approximate surface area is 222 Å². The Morgan fingerprint density at radius 2 is 1.79 bits per heavy atom. The predicted octanol–water partition coefficient (Wildman–Crippen LogP) is 4.84. The van der Waals surface area contributed by atoms with Gasteiger partial charge in [0.05, 0.1) is 23.8 Å². The van der Waals surface area contributed by atoms with Gasteiger partial charge in [0.2, 0.25) is 0 Å². The Hall–Kier alpha value is -2.91. The van der Waals surface area contributed by atoms with Crippen molar-refractivity contribution >= 4 is 16.6 Å². The monoisotopic (exact) mass is 519 g/mol. The third-order valence-corrected chi connectivity index (χ3v) is 8.24. The molecule has 0 spiro atoms. The van der Waals surface area contributed by atoms with Crippen LogP contribution in [0.4, 0.5) is 5.69 Å². The van der Waals surface area contributed by atoms with E-state index in [-0.39, 0.29) is 35.6 Å². The summed E-state index contributed by atoms with van der Waals surface area (Å²) >= 11 is 0. The molecule has 2 aromatic heterocycles. The maximum Gasteiger partial charge on any atom is 0.290 e. The van der Waals surface area contributed by atoms with E-state index in [1.54, 1.807) is 4.68 Å². The number of anilines is 1. The van der Waals surface area contributed by atoms with Crippen molar-refractivity contribution < 1.29 is 14.2 Å². The summed E-state index contributed by atoms with van der Waals surface area (Å²) < 4.78 is 22.2. The highest BCUT2D eigenvalue weighted by atomic mass is 16.5. The van der Waals surface area contributed by atoms with Crippen LogP contribution in [0, 0.1) is 0 Å². The van der Waals surface area contributed by atoms with Crippen molar-refractivity contribution in [2.75, 3.05) is 24.6 Å². The van der Waals surface area contributed by atoms with Gasteiger partial charge in [-0.15, -0.1) is 0 Å². The summed E-state index contributed by atoms with van der Waals surface area (Å²) in [5, 5.41) is 11.0. The molecule has 9 heteroatoms. The largest absolute Gasteiger partial charge is 0.488 e. The summed E-state index contributed by atoms with van der Waals surface area (Å²) in [5.41, 5.74) is 3.06. The lowest BCUT2D eigenvalue weighted by Crippen LogP contribution is -2.48. The van der Waals surface area contributed by atoms with Crippen LogP contribution in [0.25, 0.3) is 22.3 Å². The third kappa shape index (κ3) is 4.49. The van der Waals surface area contributed by atoms with Gasteiger partial charge in [-0.25, -0.2) is 9.36 Å². The highest BCUT2D eigenvalue weighted by Gasteiger charge is 2.40. The lowest BCUT2D eigenvalue weighted by atomic mass is 10.1. The minimum atomic E-state index is -0.109. The van der Waals surface area contributed by atoms with Crippen molar-refractivity contribution in [3.63, 3.8) is 0 Å². The van der Waals surface area contributed by atoms with E-state index in [9.17, 15) is 4.79 Å². The molecule has 4 fully saturated rings. The zero-order chi connectivity index (χ0) is 26.0. The number of morpholine rings is 1. The number of rotatable bonds is 6. The normalized spacial score (nSPS) is 27.0. The fourth-order valence-electron chi connectivity index (χ4n) is 5.85. The van der Waals surface area contributed by atoms with Crippen molar-refractivity contribution in [2.24, 2.45) is 0 Å². The molecule has 202 valence electrons. The van der Waals surface area contributed by atoms with E-state index in [0.717, 1.165) is 73.9 Å². The van der Waals surface area contributed by atoms with Crippen LogP contribution in [-0.2, 0) is 9.47 Å². The SMILES string of the molecule is C[C@@H]1CN(c2cc(-c3nn(C4CCCCO4)c4ccc(OC5(C)CC5)cc34)nn(C3CC3)c2=O)C[C@H](C)O1. The van der Waals surface area contributed by atoms with Gasteiger partial charge in [0.15, 0.2) is 6.23 Å². The lowest BCUT2D eigenvalue weighted by molar-refractivity contribution is -0.0365. The molecule has 0 N–H and O–H groups in total. The molecular formula is C29H37N5O4. The van der Waals surface area contributed by atoms with Crippen molar-refractivity contribution in [1.29, 1.82) is 0 Å². The lowest BCUT2D eigenvalue weighted by Gasteiger charge is -2.36. The Kier molecular flexibility index (Phi) is 5.78. The Morgan fingerprint density at radius 1 is 1.00 bits per heavy atom. The summed E-state index contributed by atoms with van der Waals surface area (Å²) in [6.07, 6.45) is 7.21. The van der Waals surface area contributed by atoms with Gasteiger partial charge in [0, 0.05) is 25.1 Å². The minimum absolute atomic E-state index is 0.0254. The first kappa shape index (κ1) is 24.2. The quantitative estimate of drug-likeness (QED) is 0.461. The molecule has 2 saturated heterocycles. The van der Waals surface area contributed by atoms with E-state index < -0.39 is 0 Å². The first-order chi connectivity index (χ1) is 18.4. The molecule has 2 aliphatic heterocycles. The molecule has 0 bridgehead atoms. The van der Waals surface area contributed by atoms with Crippen LogP contribution in [0.1, 0.15) is 78.0 Å². The van der Waals surface area contributed by atoms with Crippen LogP contribution in [-0.4, -0.2) is 57.1 Å². The van der Waals surface area contributed by atoms with Gasteiger partial charge < -0.3 is 19.1 Å². The Balaban J connectivity index is 1.38. The Morgan fingerprint density at radius 3 is 2.47 bits per heavy atom. The summed E-state index contributed by atoms with van der Waals surface area (Å²) in [6, 6.07) is 8.31. The van der Waals surface area contributed by atoms with E-state index in [1.165, 1.54) is 0 Å². The summed E-state index contributed by atoms with van der Waals surface area (Å²) in [7, 11) is 0. The zero-order valence-corrected chi connectivity index (χ0v) is 22.6. The summed E-state index contributed by atoms with van der Waals surface area (Å²) in [6.45, 7) is 8.37. The maximum absolute atomic E-state index is 13.6. The predicted molar refractivity (Wildman–Crippen MR) is 145 cm³/mol. The second-order valence-corrected chi connectivity index (χ2v) is 11.9. The van der Waals surface area contributed by atoms with Crippen molar-refractivity contribution in [3.8, 4) is 17.1 Å². The van der Waals surface area contributed by atoms with Gasteiger partial charge in [0.25, 0.3) is 5.56 Å². The molecule has 3 atom stereocenters. The van der Waals surface area contributed by atoms with Crippen LogP contribution in [0.5, 0.6) is 5.75 Å². The topological polar surface area (TPSA) is 83.6 Å². The molecule has 9 nitrogen and oxygen atoms in total. The van der Waals surface area contributed by atoms with Gasteiger partial charge in [0.1, 0.15) is 28.4 Å². The number of nitrogens with zero attached hydrogens (tertiary/aromatic N) is 5. The first-order valence-corrected chi connectivity index (χ1v) is 14.2. The van der Waals surface area contributed by atoms with E-state index >= 15 is 0 Å². The zero-order valence-electron chi connectivity index (χ0n) is 22.6. The van der Waals surface area contributed by atoms with Crippen molar-refractivity contribution in [3.05, 3.63) is 34.6 Å². The van der Waals surface area contributed by atoms with E-state index in [1.807, 2.05) is 16.8 Å². The second kappa shape index (κ2) is 9.09. The number of hydrogen-bond donors (Lipinski definition) is 0. The highest BCUT2D eigenvalue weighted by molar-refractivity contribution is 5.94. The van der Waals surface area contributed by atoms with Crippen LogP contribution >= 0.6 is 0 Å². The number of ether oxygens (including phenoxy) is 3. The molecule has 4 heterocycles. The van der Waals surface area contributed by atoms with Crippen molar-refractivity contribution in [1.82, 2.24) is 19.6 Å². The maximum atomic E-state index is 13.6. The highest BCUT2D eigenvalue weighted by Crippen LogP contribution is 2.42. The van der Waals surface area contributed by atoms with E-state index in [0.29, 0.717) is 24.5 Å². The van der Waals surface area contributed by atoms with Crippen molar-refractivity contribution in [2.45, 2.75) is 95.8 Å². The van der Waals surface area contributed by atoms with Crippen LogP contribution in [0.2, 0.25) is 0 Å². The van der Waals surface area contributed by atoms with Crippen LogP contribution in [0.15, 0.2) is 29.1 Å². The Bertz CT molecular complexity index is 1410. The van der Waals surface area contributed by atoms with E-state index in [2.05, 4.69) is 37.8 Å². The fourth-order valence-corrected chi connectivity index (χ4v) is 5.85. The molecule has 3 aromatic rings. The van der Waals surface area contributed by atoms with E-state index in [4.69, 9.17) is 24.4 Å². The number of fused-ring (bicyclic) bond motifs is 1. The second-order valence-electron chi connectivity index (χ2n) is 11.9. The summed E-state index contributed by atoms with van der Waals surface area (Å²) in [4.78, 5) is 15.8. The average molecular weight is 520 g/mol. The average Bonchev–Trinajstić information content (AvgIpc) is 3.83. The first-order valence-electron chi connectivity index (χ1n) is 14.2. The molecule has 1 aromatic carbocycles. The van der Waals surface area contributed by atoms with Gasteiger partial charge in [-0.1, -0.05) is 0 Å². The molecule has 2 saturated carbocycles. The standard InChI is InChI=1S/C29H37N5O4/c1-18-16-32(17-19(2)37-18)25-15-23(30-33(28(25)35)20-7-8-20)27-22-14-21(38-29(3)11-12-29)9-10-24(22)34(31-27)26-6-4-5-13-36-26/h9-10,14-15,18-20,26H,4-8,11-13,16-17H2,1-3H3/t18-,19+,26?. The fraction of sp³-hybridized carbons (Fsp3) is 0.621. The number of benzene rings is 1. The van der Waals surface area contributed by atoms with Gasteiger partial charge in [-0.3, -0.25) is 4.79 Å². The molecule has 38 heavy (non-hydrogen) atoms. The molecular weight excluding hydrogens is 482 g/mol. The smallest absolute Gasteiger partial charge is 0.290 e. The van der Waals surface area contributed by atoms with Gasteiger partial charge in [-0.05, 0) is 90.0 Å². The number of hydrogen-bond acceptors (Lipinski definition) is 7. The molecule has 0 radical (unpaired) electrons. The minimum Gasteiger partial charge on any atom is -0.488 e. The number of aromatic nitrogens is 4. The molecule has 2 aliphatic carbocycles. The van der Waals surface area contributed by atoms with Gasteiger partial charge in [-0.2, -0.15) is 10.2 Å². The summed E-state index contributed by atoms with van der Waals surface area (Å²) in [5.74, 6) is 0.842. The molecule has 1 unspecified atom stereocenters.